The molecule has 0 saturated carbocycles. The van der Waals surface area contributed by atoms with Gasteiger partial charge in [-0.05, 0) is 12.1 Å². The first-order valence-corrected chi connectivity index (χ1v) is 18.2. The van der Waals surface area contributed by atoms with E-state index in [-0.39, 0.29) is 24.0 Å². The number of benzene rings is 3. The Labute approximate surface area is 236 Å². The van der Waals surface area contributed by atoms with Gasteiger partial charge in [0, 0.05) is 11.3 Å². The predicted molar refractivity (Wildman–Crippen MR) is 162 cm³/mol. The molecule has 3 aromatic carbocycles. The third-order valence-corrected chi connectivity index (χ3v) is 10.2. The van der Waals surface area contributed by atoms with Gasteiger partial charge in [-0.15, -0.1) is 0 Å². The molecule has 1 aliphatic rings. The van der Waals surface area contributed by atoms with Crippen molar-refractivity contribution in [2.24, 2.45) is 0 Å². The van der Waals surface area contributed by atoms with E-state index in [0.29, 0.717) is 17.8 Å². The molecule has 1 unspecified atom stereocenters. The van der Waals surface area contributed by atoms with Gasteiger partial charge in [0.1, 0.15) is 5.82 Å². The number of hydrogen-bond donors (Lipinski definition) is 3. The molecule has 208 valence electrons. The molecule has 4 rings (SSSR count). The van der Waals surface area contributed by atoms with Gasteiger partial charge in [0.15, 0.2) is 0 Å². The summed E-state index contributed by atoms with van der Waals surface area (Å²) in [5.41, 5.74) is 3.82. The van der Waals surface area contributed by atoms with Crippen molar-refractivity contribution >= 4 is 43.5 Å². The first-order valence-electron chi connectivity index (χ1n) is 12.9. The number of alkyl halides is 2. The second kappa shape index (κ2) is 13.9. The zero-order valence-electron chi connectivity index (χ0n) is 22.3. The number of anilines is 2. The van der Waals surface area contributed by atoms with Crippen LogP contribution >= 0.6 is 20.1 Å². The fourth-order valence-electron chi connectivity index (χ4n) is 4.54. The first-order chi connectivity index (χ1) is 18.8. The van der Waals surface area contributed by atoms with E-state index in [4.69, 9.17) is 9.84 Å². The quantitative estimate of drug-likeness (QED) is 0.145. The summed E-state index contributed by atoms with van der Waals surface area (Å²) in [6.45, 7) is 1.47. The Hall–Kier alpha value is -3.02. The molecule has 0 bridgehead atoms. The number of piperidine rings is 1. The van der Waals surface area contributed by atoms with Crippen molar-refractivity contribution < 1.29 is 23.8 Å². The van der Waals surface area contributed by atoms with E-state index in [0.717, 1.165) is 42.6 Å². The number of amides is 2. The number of aryl methyl sites for hydroxylation is 1. The van der Waals surface area contributed by atoms with Crippen molar-refractivity contribution in [2.75, 3.05) is 33.6 Å². The molecule has 1 atom stereocenters. The zero-order chi connectivity index (χ0) is 27.8. The SMILES string of the molecule is CI(C)N1CCCC(OC(=O)Nc2cc(CCC(=O)Nc3ccc(CO)c(F)c3)ccc2-c2ccccc2)C1. The summed E-state index contributed by atoms with van der Waals surface area (Å²) in [4.78, 5) is 30.1. The summed E-state index contributed by atoms with van der Waals surface area (Å²) >= 11 is -1.12. The normalized spacial score (nSPS) is 15.9. The van der Waals surface area contributed by atoms with Crippen LogP contribution in [0.5, 0.6) is 0 Å². The Morgan fingerprint density at radius 3 is 2.59 bits per heavy atom. The van der Waals surface area contributed by atoms with Gasteiger partial charge in [-0.2, -0.15) is 0 Å². The average Bonchev–Trinajstić information content (AvgIpc) is 2.92. The van der Waals surface area contributed by atoms with Gasteiger partial charge < -0.3 is 10.4 Å². The first kappa shape index (κ1) is 29.0. The van der Waals surface area contributed by atoms with Crippen molar-refractivity contribution in [1.29, 1.82) is 0 Å². The minimum atomic E-state index is -1.12. The molecule has 1 saturated heterocycles. The fraction of sp³-hybridized carbons (Fsp3) is 0.333. The van der Waals surface area contributed by atoms with E-state index in [1.54, 1.807) is 6.07 Å². The summed E-state index contributed by atoms with van der Waals surface area (Å²) in [5.74, 6) is -0.829. The zero-order valence-corrected chi connectivity index (χ0v) is 24.4. The van der Waals surface area contributed by atoms with Crippen LogP contribution in [0, 0.1) is 5.82 Å². The molecular formula is C30H35FIN3O4. The molecule has 7 nitrogen and oxygen atoms in total. The van der Waals surface area contributed by atoms with Crippen LogP contribution in [0.15, 0.2) is 66.7 Å². The van der Waals surface area contributed by atoms with Gasteiger partial charge in [0.2, 0.25) is 0 Å². The Balaban J connectivity index is 1.43. The molecule has 0 aromatic heterocycles. The van der Waals surface area contributed by atoms with Crippen molar-refractivity contribution in [1.82, 2.24) is 3.11 Å². The van der Waals surface area contributed by atoms with E-state index >= 15 is 0 Å². The number of rotatable bonds is 9. The van der Waals surface area contributed by atoms with Crippen LogP contribution in [0.1, 0.15) is 30.4 Å². The number of nitrogens with zero attached hydrogens (tertiary/aromatic N) is 1. The van der Waals surface area contributed by atoms with Crippen LogP contribution in [0.4, 0.5) is 20.6 Å². The summed E-state index contributed by atoms with van der Waals surface area (Å²) in [6, 6.07) is 19.7. The van der Waals surface area contributed by atoms with E-state index in [1.165, 1.54) is 12.1 Å². The van der Waals surface area contributed by atoms with Crippen LogP contribution in [-0.2, 0) is 22.6 Å². The van der Waals surface area contributed by atoms with Crippen LogP contribution < -0.4 is 10.6 Å². The Bertz CT molecular complexity index is 1290. The maximum absolute atomic E-state index is 13.9. The Morgan fingerprint density at radius 1 is 1.08 bits per heavy atom. The average molecular weight is 648 g/mol. The fourth-order valence-corrected chi connectivity index (χ4v) is 7.08. The number of carbonyl (C=O) groups excluding carboxylic acids is 2. The number of nitrogens with one attached hydrogen (secondary N) is 2. The molecule has 1 fully saturated rings. The number of carbonyl (C=O) groups is 2. The molecular weight excluding hydrogens is 612 g/mol. The Morgan fingerprint density at radius 2 is 1.87 bits per heavy atom. The van der Waals surface area contributed by atoms with Gasteiger partial charge in [-0.1, -0.05) is 6.07 Å². The van der Waals surface area contributed by atoms with Crippen molar-refractivity contribution in [3.05, 3.63) is 83.7 Å². The van der Waals surface area contributed by atoms with Crippen LogP contribution in [0.25, 0.3) is 11.1 Å². The second-order valence-electron chi connectivity index (χ2n) is 9.64. The molecule has 9 heteroatoms. The second-order valence-corrected chi connectivity index (χ2v) is 15.1. The van der Waals surface area contributed by atoms with Crippen LogP contribution in [0.3, 0.4) is 0 Å². The maximum atomic E-state index is 13.9. The third kappa shape index (κ3) is 8.23. The van der Waals surface area contributed by atoms with Gasteiger partial charge in [-0.3, -0.25) is 4.79 Å². The van der Waals surface area contributed by atoms with E-state index in [2.05, 4.69) is 23.6 Å². The monoisotopic (exact) mass is 647 g/mol. The molecule has 0 aliphatic carbocycles. The number of ether oxygens (including phenoxy) is 1. The predicted octanol–water partition coefficient (Wildman–Crippen LogP) is 6.25. The standard InChI is InChI=1S/C30H35FIN3O4/c1-32(2)35-16-6-9-25(19-35)39-30(38)34-28-17-21(10-14-26(28)22-7-4-3-5-8-22)11-15-29(37)33-24-13-12-23(20-36)27(31)18-24/h3-5,7-8,10,12-14,17-18,25,36H,6,9,11,15-16,19-20H2,1-2H3,(H,33,37)(H,34,38). The minimum absolute atomic E-state index is 0.123. The number of hydrogen-bond acceptors (Lipinski definition) is 5. The van der Waals surface area contributed by atoms with Gasteiger partial charge >= 0.3 is 176 Å². The van der Waals surface area contributed by atoms with E-state index in [9.17, 15) is 14.0 Å². The molecule has 1 heterocycles. The van der Waals surface area contributed by atoms with Gasteiger partial charge in [0.25, 0.3) is 0 Å². The molecule has 3 aromatic rings. The molecule has 3 N–H and O–H groups in total. The molecule has 0 radical (unpaired) electrons. The Kier molecular flexibility index (Phi) is 10.3. The van der Waals surface area contributed by atoms with Crippen LogP contribution in [0.2, 0.25) is 0 Å². The number of aliphatic hydroxyl groups excluding tert-OH is 1. The summed E-state index contributed by atoms with van der Waals surface area (Å²) < 4.78 is 22.2. The molecule has 2 amide bonds. The molecule has 0 spiro atoms. The van der Waals surface area contributed by atoms with Crippen molar-refractivity contribution in [3.8, 4) is 11.1 Å². The van der Waals surface area contributed by atoms with Gasteiger partial charge in [0.05, 0.1) is 6.61 Å². The van der Waals surface area contributed by atoms with Gasteiger partial charge in [-0.25, -0.2) is 4.39 Å². The van der Waals surface area contributed by atoms with E-state index in [1.807, 2.05) is 48.5 Å². The number of aliphatic hydroxyl groups is 1. The van der Waals surface area contributed by atoms with E-state index < -0.39 is 38.6 Å². The third-order valence-electron chi connectivity index (χ3n) is 6.63. The summed E-state index contributed by atoms with van der Waals surface area (Å²) in [5, 5.41) is 14.8. The number of halogens is 2. The molecule has 39 heavy (non-hydrogen) atoms. The van der Waals surface area contributed by atoms with Crippen LogP contribution in [-0.4, -0.2) is 49.3 Å². The van der Waals surface area contributed by atoms with Crippen molar-refractivity contribution in [2.45, 2.75) is 38.4 Å². The summed E-state index contributed by atoms with van der Waals surface area (Å²) in [6.07, 6.45) is 1.89. The molecule has 1 aliphatic heterocycles. The summed E-state index contributed by atoms with van der Waals surface area (Å²) in [7, 11) is 0. The van der Waals surface area contributed by atoms with Crippen molar-refractivity contribution in [3.63, 3.8) is 0 Å². The topological polar surface area (TPSA) is 90.9 Å².